The van der Waals surface area contributed by atoms with Crippen molar-refractivity contribution in [3.63, 3.8) is 0 Å². The summed E-state index contributed by atoms with van der Waals surface area (Å²) in [5.74, 6) is 0. The molecule has 0 aliphatic carbocycles. The van der Waals surface area contributed by atoms with Gasteiger partial charge in [0, 0.05) is 37.2 Å². The largest absolute Gasteiger partial charge is 0.310 e. The van der Waals surface area contributed by atoms with Crippen LogP contribution in [0.4, 0.5) is 17.1 Å². The molecule has 0 saturated heterocycles. The average Bonchev–Trinajstić information content (AvgIpc) is 3.73. The molecule has 0 radical (unpaired) electrons. The third-order valence-corrected chi connectivity index (χ3v) is 12.0. The van der Waals surface area contributed by atoms with E-state index in [1.54, 1.807) is 23.5 Å². The lowest BCUT2D eigenvalue weighted by molar-refractivity contribution is 1.28. The highest BCUT2D eigenvalue weighted by Gasteiger charge is 2.16. The average molecular weight is 764 g/mol. The Bertz CT molecular complexity index is 3700. The second-order valence-electron chi connectivity index (χ2n) is 14.3. The SMILES string of the molecule is [2H]c1c([2H])c(N(c2cccc(-c3ccc4sc5ccccc5c4c3)c2)c2c([2H])c([2H])c(-c3cccc4ccccc34)c([2H])c2[2H])c([2H])c([2H])c1-c1ccc(-c2cccc3ccccc23)cc1. The number of benzene rings is 10. The van der Waals surface area contributed by atoms with Gasteiger partial charge in [-0.05, 0) is 121 Å². The van der Waals surface area contributed by atoms with Gasteiger partial charge in [0.25, 0.3) is 0 Å². The Labute approximate surface area is 353 Å². The van der Waals surface area contributed by atoms with E-state index in [0.717, 1.165) is 59.3 Å². The Morgan fingerprint density at radius 3 is 1.50 bits per heavy atom. The summed E-state index contributed by atoms with van der Waals surface area (Å²) in [4.78, 5) is 1.38. The highest BCUT2D eigenvalue weighted by Crippen LogP contribution is 2.41. The number of rotatable bonds is 7. The fraction of sp³-hybridized carbons (Fsp3) is 0. The fourth-order valence-corrected chi connectivity index (χ4v) is 9.04. The fourth-order valence-electron chi connectivity index (χ4n) is 7.95. The second kappa shape index (κ2) is 14.4. The summed E-state index contributed by atoms with van der Waals surface area (Å²) in [5.41, 5.74) is 4.85. The number of anilines is 3. The molecule has 1 heterocycles. The Morgan fingerprint density at radius 2 is 0.810 bits per heavy atom. The van der Waals surface area contributed by atoms with Gasteiger partial charge in [-0.3, -0.25) is 0 Å². The molecule has 272 valence electrons. The molecular formula is C56H37NS. The zero-order valence-electron chi connectivity index (χ0n) is 39.1. The molecule has 0 aliphatic heterocycles. The predicted molar refractivity (Wildman–Crippen MR) is 251 cm³/mol. The van der Waals surface area contributed by atoms with Crippen LogP contribution in [-0.2, 0) is 0 Å². The highest BCUT2D eigenvalue weighted by atomic mass is 32.1. The lowest BCUT2D eigenvalue weighted by atomic mass is 9.96. The minimum Gasteiger partial charge on any atom is -0.310 e. The molecule has 58 heavy (non-hydrogen) atoms. The van der Waals surface area contributed by atoms with Crippen LogP contribution in [0.3, 0.4) is 0 Å². The van der Waals surface area contributed by atoms with E-state index in [0.29, 0.717) is 16.8 Å². The van der Waals surface area contributed by atoms with Crippen LogP contribution in [-0.4, -0.2) is 0 Å². The van der Waals surface area contributed by atoms with Crippen molar-refractivity contribution in [3.05, 3.63) is 224 Å². The quantitative estimate of drug-likeness (QED) is 0.156. The molecule has 1 nitrogen and oxygen atoms in total. The molecule has 2 heteroatoms. The van der Waals surface area contributed by atoms with Crippen LogP contribution < -0.4 is 4.90 Å². The maximum Gasteiger partial charge on any atom is 0.0645 e. The summed E-state index contributed by atoms with van der Waals surface area (Å²) in [6, 6.07) is 53.9. The van der Waals surface area contributed by atoms with Gasteiger partial charge in [0.1, 0.15) is 0 Å². The molecule has 10 aromatic carbocycles. The molecule has 1 aromatic heterocycles. The Balaban J connectivity index is 1.11. The van der Waals surface area contributed by atoms with Gasteiger partial charge >= 0.3 is 0 Å². The maximum absolute atomic E-state index is 9.65. The summed E-state index contributed by atoms with van der Waals surface area (Å²) in [7, 11) is 0. The summed E-state index contributed by atoms with van der Waals surface area (Å²) >= 11 is 1.72. The van der Waals surface area contributed by atoms with Crippen molar-refractivity contribution in [1.82, 2.24) is 0 Å². The monoisotopic (exact) mass is 763 g/mol. The minimum absolute atomic E-state index is 0.106. The van der Waals surface area contributed by atoms with Crippen LogP contribution in [0.5, 0.6) is 0 Å². The third kappa shape index (κ3) is 6.12. The van der Waals surface area contributed by atoms with Crippen LogP contribution in [0.15, 0.2) is 224 Å². The van der Waals surface area contributed by atoms with Gasteiger partial charge in [-0.25, -0.2) is 0 Å². The van der Waals surface area contributed by atoms with Crippen LogP contribution in [0, 0.1) is 0 Å². The third-order valence-electron chi connectivity index (χ3n) is 10.8. The molecule has 0 fully saturated rings. The van der Waals surface area contributed by atoms with Gasteiger partial charge in [0.15, 0.2) is 0 Å². The first-order valence-electron chi connectivity index (χ1n) is 23.2. The zero-order valence-corrected chi connectivity index (χ0v) is 31.9. The number of hydrogen-bond acceptors (Lipinski definition) is 2. The topological polar surface area (TPSA) is 3.24 Å². The molecule has 0 aliphatic rings. The van der Waals surface area contributed by atoms with E-state index in [1.807, 2.05) is 121 Å². The molecule has 0 amide bonds. The first-order valence-corrected chi connectivity index (χ1v) is 20.0. The highest BCUT2D eigenvalue weighted by molar-refractivity contribution is 7.25. The Morgan fingerprint density at radius 1 is 0.310 bits per heavy atom. The summed E-state index contributed by atoms with van der Waals surface area (Å²) in [5, 5.41) is 6.08. The van der Waals surface area contributed by atoms with E-state index in [9.17, 15) is 11.0 Å². The predicted octanol–water partition coefficient (Wildman–Crippen LogP) is 16.5. The number of nitrogens with zero attached hydrogens (tertiary/aromatic N) is 1. The lowest BCUT2D eigenvalue weighted by Gasteiger charge is -2.26. The summed E-state index contributed by atoms with van der Waals surface area (Å²) in [6.45, 7) is 0. The van der Waals surface area contributed by atoms with Crippen molar-refractivity contribution in [1.29, 1.82) is 0 Å². The van der Waals surface area contributed by atoms with E-state index in [4.69, 9.17) is 0 Å². The van der Waals surface area contributed by atoms with Crippen LogP contribution in [0.25, 0.3) is 86.2 Å². The molecule has 0 N–H and O–H groups in total. The van der Waals surface area contributed by atoms with Gasteiger partial charge in [0.05, 0.1) is 11.0 Å². The van der Waals surface area contributed by atoms with Crippen molar-refractivity contribution >= 4 is 70.1 Å². The summed E-state index contributed by atoms with van der Waals surface area (Å²) < 4.78 is 78.9. The number of hydrogen-bond donors (Lipinski definition) is 0. The molecule has 0 unspecified atom stereocenters. The zero-order chi connectivity index (χ0) is 45.4. The molecule has 11 rings (SSSR count). The van der Waals surface area contributed by atoms with Gasteiger partial charge in [0.2, 0.25) is 0 Å². The lowest BCUT2D eigenvalue weighted by Crippen LogP contribution is -2.10. The molecular weight excluding hydrogens is 719 g/mol. The normalized spacial score (nSPS) is 13.4. The van der Waals surface area contributed by atoms with Gasteiger partial charge in [-0.2, -0.15) is 0 Å². The molecule has 0 spiro atoms. The van der Waals surface area contributed by atoms with Crippen molar-refractivity contribution < 1.29 is 11.0 Å². The van der Waals surface area contributed by atoms with Gasteiger partial charge in [-0.15, -0.1) is 11.3 Å². The smallest absolute Gasteiger partial charge is 0.0645 e. The van der Waals surface area contributed by atoms with E-state index in [1.165, 1.54) is 9.60 Å². The van der Waals surface area contributed by atoms with Gasteiger partial charge < -0.3 is 4.90 Å². The molecule has 0 saturated carbocycles. The van der Waals surface area contributed by atoms with E-state index in [2.05, 4.69) is 42.5 Å². The number of thiophene rings is 1. The van der Waals surface area contributed by atoms with Crippen LogP contribution in [0.2, 0.25) is 0 Å². The van der Waals surface area contributed by atoms with Crippen molar-refractivity contribution in [2.24, 2.45) is 0 Å². The standard InChI is InChI=1S/C56H37NS/c1-3-16-49-40(10-1)12-8-19-51(49)42-24-22-38(23-25-42)39-26-31-46(32-27-39)57(47-33-28-43(29-34-47)52-20-9-13-41-11-2-4-17-50(41)52)48-15-7-14-44(36-48)45-30-35-56-54(37-45)53-18-5-6-21-55(53)58-56/h1-37H/i26D,27D,28D,29D,31D,32D,33D,34D. The van der Waals surface area contributed by atoms with Crippen molar-refractivity contribution in [2.45, 2.75) is 0 Å². The summed E-state index contributed by atoms with van der Waals surface area (Å²) in [6.07, 6.45) is 0. The molecule has 0 bridgehead atoms. The number of fused-ring (bicyclic) bond motifs is 5. The minimum atomic E-state index is -0.393. The second-order valence-corrected chi connectivity index (χ2v) is 15.4. The molecule has 11 aromatic rings. The first-order chi connectivity index (χ1) is 32.1. The van der Waals surface area contributed by atoms with E-state index >= 15 is 0 Å². The van der Waals surface area contributed by atoms with Crippen molar-refractivity contribution in [3.8, 4) is 44.5 Å². The Kier molecular flexibility index (Phi) is 6.57. The van der Waals surface area contributed by atoms with Crippen LogP contribution in [0.1, 0.15) is 11.0 Å². The maximum atomic E-state index is 9.65. The van der Waals surface area contributed by atoms with Crippen molar-refractivity contribution in [2.75, 3.05) is 4.90 Å². The van der Waals surface area contributed by atoms with Gasteiger partial charge in [-0.1, -0.05) is 170 Å². The first kappa shape index (κ1) is 26.6. The van der Waals surface area contributed by atoms with E-state index < -0.39 is 12.1 Å². The van der Waals surface area contributed by atoms with E-state index in [-0.39, 0.29) is 58.8 Å². The van der Waals surface area contributed by atoms with Crippen LogP contribution >= 0.6 is 11.3 Å². The Hall–Kier alpha value is -7.26. The molecule has 0 atom stereocenters.